The van der Waals surface area contributed by atoms with Crippen molar-refractivity contribution in [3.63, 3.8) is 0 Å². The minimum atomic E-state index is 0.560. The average molecular weight is 155 g/mol. The van der Waals surface area contributed by atoms with Crippen LogP contribution >= 0.6 is 0 Å². The molecule has 2 unspecified atom stereocenters. The van der Waals surface area contributed by atoms with Gasteiger partial charge >= 0.3 is 0 Å². The maximum Gasteiger partial charge on any atom is 0.0651 e. The van der Waals surface area contributed by atoms with Gasteiger partial charge in [-0.3, -0.25) is 0 Å². The van der Waals surface area contributed by atoms with E-state index >= 15 is 0 Å². The molecule has 1 saturated carbocycles. The van der Waals surface area contributed by atoms with E-state index in [4.69, 9.17) is 4.74 Å². The molecule has 0 spiro atoms. The van der Waals surface area contributed by atoms with Crippen molar-refractivity contribution < 1.29 is 4.74 Å². The molecule has 0 aromatic carbocycles. The van der Waals surface area contributed by atoms with Gasteiger partial charge in [0, 0.05) is 20.2 Å². The van der Waals surface area contributed by atoms with E-state index in [1.165, 1.54) is 32.4 Å². The van der Waals surface area contributed by atoms with Crippen molar-refractivity contribution in [2.24, 2.45) is 11.8 Å². The quantitative estimate of drug-likeness (QED) is 0.610. The molecule has 1 aliphatic heterocycles. The summed E-state index contributed by atoms with van der Waals surface area (Å²) in [5, 5.41) is 3.47. The van der Waals surface area contributed by atoms with Crippen molar-refractivity contribution in [3.8, 4) is 0 Å². The Bertz CT molecular complexity index is 116. The van der Waals surface area contributed by atoms with E-state index in [1.54, 1.807) is 0 Å². The number of fused-ring (bicyclic) bond motifs is 2. The lowest BCUT2D eigenvalue weighted by molar-refractivity contribution is -0.0364. The predicted molar refractivity (Wildman–Crippen MR) is 44.5 cm³/mol. The molecule has 0 aromatic heterocycles. The third kappa shape index (κ3) is 1.30. The van der Waals surface area contributed by atoms with Crippen LogP contribution in [0.4, 0.5) is 0 Å². The molecule has 2 bridgehead atoms. The Morgan fingerprint density at radius 2 is 1.82 bits per heavy atom. The number of rotatable bonds is 1. The Morgan fingerprint density at radius 3 is 2.27 bits per heavy atom. The Labute approximate surface area is 68.3 Å². The number of methoxy groups -OCH3 is 1. The van der Waals surface area contributed by atoms with Crippen LogP contribution in [0, 0.1) is 11.8 Å². The summed E-state index contributed by atoms with van der Waals surface area (Å²) in [6.45, 7) is 2.35. The summed E-state index contributed by atoms with van der Waals surface area (Å²) < 4.78 is 5.52. The molecule has 0 radical (unpaired) electrons. The van der Waals surface area contributed by atoms with Crippen molar-refractivity contribution in [3.05, 3.63) is 0 Å². The van der Waals surface area contributed by atoms with Crippen molar-refractivity contribution in [1.29, 1.82) is 0 Å². The van der Waals surface area contributed by atoms with E-state index in [-0.39, 0.29) is 0 Å². The molecule has 2 nitrogen and oxygen atoms in total. The molecule has 2 rings (SSSR count). The number of hydrogen-bond acceptors (Lipinski definition) is 2. The number of hydrogen-bond donors (Lipinski definition) is 1. The van der Waals surface area contributed by atoms with Crippen LogP contribution in [0.3, 0.4) is 0 Å². The van der Waals surface area contributed by atoms with E-state index < -0.39 is 0 Å². The van der Waals surface area contributed by atoms with Gasteiger partial charge in [0.2, 0.25) is 0 Å². The fourth-order valence-corrected chi connectivity index (χ4v) is 2.63. The van der Waals surface area contributed by atoms with Gasteiger partial charge in [-0.15, -0.1) is 0 Å². The van der Waals surface area contributed by atoms with Crippen molar-refractivity contribution in [1.82, 2.24) is 5.32 Å². The van der Waals surface area contributed by atoms with Gasteiger partial charge in [0.05, 0.1) is 6.10 Å². The first-order valence-corrected chi connectivity index (χ1v) is 4.65. The van der Waals surface area contributed by atoms with E-state index in [0.29, 0.717) is 6.10 Å². The van der Waals surface area contributed by atoms with E-state index in [1.807, 2.05) is 7.11 Å². The van der Waals surface area contributed by atoms with Crippen LogP contribution in [-0.4, -0.2) is 26.3 Å². The van der Waals surface area contributed by atoms with Gasteiger partial charge in [0.1, 0.15) is 0 Å². The average Bonchev–Trinajstić information content (AvgIpc) is 2.03. The highest BCUT2D eigenvalue weighted by atomic mass is 16.5. The summed E-state index contributed by atoms with van der Waals surface area (Å²) in [4.78, 5) is 0. The second-order valence-corrected chi connectivity index (χ2v) is 3.81. The van der Waals surface area contributed by atoms with E-state index in [9.17, 15) is 0 Å². The Morgan fingerprint density at radius 1 is 1.18 bits per heavy atom. The molecule has 2 fully saturated rings. The van der Waals surface area contributed by atoms with Gasteiger partial charge < -0.3 is 10.1 Å². The first-order chi connectivity index (χ1) is 5.42. The van der Waals surface area contributed by atoms with Gasteiger partial charge in [-0.05, 0) is 24.7 Å². The molecule has 1 N–H and O–H groups in total. The van der Waals surface area contributed by atoms with Crippen molar-refractivity contribution >= 4 is 0 Å². The predicted octanol–water partition coefficient (Wildman–Crippen LogP) is 1.02. The normalized spacial score (nSPS) is 43.9. The van der Waals surface area contributed by atoms with Crippen LogP contribution in [-0.2, 0) is 4.74 Å². The maximum atomic E-state index is 5.52. The third-order valence-corrected chi connectivity index (χ3v) is 3.16. The molecule has 2 aliphatic rings. The first kappa shape index (κ1) is 7.56. The van der Waals surface area contributed by atoms with Crippen molar-refractivity contribution in [2.75, 3.05) is 20.2 Å². The second kappa shape index (κ2) is 3.11. The largest absolute Gasteiger partial charge is 0.381 e. The zero-order chi connectivity index (χ0) is 7.68. The summed E-state index contributed by atoms with van der Waals surface area (Å²) in [7, 11) is 1.86. The summed E-state index contributed by atoms with van der Waals surface area (Å²) in [6, 6.07) is 0. The van der Waals surface area contributed by atoms with Gasteiger partial charge in [-0.2, -0.15) is 0 Å². The zero-order valence-corrected chi connectivity index (χ0v) is 7.18. The lowest BCUT2D eigenvalue weighted by Gasteiger charge is -2.41. The van der Waals surface area contributed by atoms with Crippen LogP contribution in [0.2, 0.25) is 0 Å². The Kier molecular flexibility index (Phi) is 2.14. The minimum Gasteiger partial charge on any atom is -0.381 e. The van der Waals surface area contributed by atoms with Crippen LogP contribution < -0.4 is 5.32 Å². The smallest absolute Gasteiger partial charge is 0.0651 e. The lowest BCUT2D eigenvalue weighted by atomic mass is 9.76. The molecule has 1 saturated heterocycles. The summed E-state index contributed by atoms with van der Waals surface area (Å²) in [5.74, 6) is 1.60. The molecule has 2 atom stereocenters. The van der Waals surface area contributed by atoms with Gasteiger partial charge in [0.25, 0.3) is 0 Å². The summed E-state index contributed by atoms with van der Waals surface area (Å²) in [6.07, 6.45) is 4.70. The molecule has 0 amide bonds. The van der Waals surface area contributed by atoms with E-state index in [2.05, 4.69) is 5.32 Å². The molecule has 11 heavy (non-hydrogen) atoms. The Balaban J connectivity index is 2.04. The first-order valence-electron chi connectivity index (χ1n) is 4.65. The number of piperidine rings is 1. The third-order valence-electron chi connectivity index (χ3n) is 3.16. The fraction of sp³-hybridized carbons (Fsp3) is 1.00. The van der Waals surface area contributed by atoms with Crippen LogP contribution in [0.15, 0.2) is 0 Å². The van der Waals surface area contributed by atoms with Crippen LogP contribution in [0.1, 0.15) is 19.3 Å². The van der Waals surface area contributed by atoms with Gasteiger partial charge in [-0.1, -0.05) is 6.42 Å². The highest BCUT2D eigenvalue weighted by Gasteiger charge is 2.35. The fourth-order valence-electron chi connectivity index (χ4n) is 2.63. The molecule has 2 heteroatoms. The summed E-state index contributed by atoms with van der Waals surface area (Å²) in [5.41, 5.74) is 0. The Hall–Kier alpha value is -0.0800. The maximum absolute atomic E-state index is 5.52. The molecular formula is C9H17NO. The highest BCUT2D eigenvalue weighted by molar-refractivity contribution is 4.89. The van der Waals surface area contributed by atoms with Crippen LogP contribution in [0.5, 0.6) is 0 Å². The standard InChI is InChI=1S/C9H17NO/c1-11-9-7-3-2-4-8(9)6-10-5-7/h7-10H,2-6H2,1H3. The summed E-state index contributed by atoms with van der Waals surface area (Å²) >= 11 is 0. The number of nitrogens with one attached hydrogen (secondary N) is 1. The molecule has 1 aliphatic carbocycles. The second-order valence-electron chi connectivity index (χ2n) is 3.81. The number of ether oxygens (including phenoxy) is 1. The monoisotopic (exact) mass is 155 g/mol. The SMILES string of the molecule is COC1C2CCCC1CNC2. The topological polar surface area (TPSA) is 21.3 Å². The van der Waals surface area contributed by atoms with Crippen LogP contribution in [0.25, 0.3) is 0 Å². The zero-order valence-electron chi connectivity index (χ0n) is 7.18. The van der Waals surface area contributed by atoms with Gasteiger partial charge in [0.15, 0.2) is 0 Å². The minimum absolute atomic E-state index is 0.560. The molecule has 1 heterocycles. The van der Waals surface area contributed by atoms with E-state index in [0.717, 1.165) is 11.8 Å². The molecule has 64 valence electrons. The van der Waals surface area contributed by atoms with Crippen molar-refractivity contribution in [2.45, 2.75) is 25.4 Å². The molecular weight excluding hydrogens is 138 g/mol. The van der Waals surface area contributed by atoms with Gasteiger partial charge in [-0.25, -0.2) is 0 Å². The lowest BCUT2D eigenvalue weighted by Crippen LogP contribution is -2.50. The highest BCUT2D eigenvalue weighted by Crippen LogP contribution is 2.33. The molecule has 0 aromatic rings.